The summed E-state index contributed by atoms with van der Waals surface area (Å²) in [5, 5.41) is 4.04. The third-order valence-corrected chi connectivity index (χ3v) is 3.46. The molecule has 0 aliphatic carbocycles. The number of hydrogen-bond acceptors (Lipinski definition) is 5. The molecule has 0 aliphatic rings. The highest BCUT2D eigenvalue weighted by Gasteiger charge is 2.34. The smallest absolute Gasteiger partial charge is 0.421 e. The Balaban J connectivity index is 1.88. The molecule has 3 rings (SSSR count). The summed E-state index contributed by atoms with van der Waals surface area (Å²) in [6, 6.07) is 3.67. The number of nitrogens with one attached hydrogen (secondary N) is 1. The Morgan fingerprint density at radius 2 is 2.04 bits per heavy atom. The van der Waals surface area contributed by atoms with Crippen molar-refractivity contribution in [1.29, 1.82) is 0 Å². The molecule has 0 aliphatic heterocycles. The Labute approximate surface area is 133 Å². The van der Waals surface area contributed by atoms with Crippen LogP contribution < -0.4 is 11.1 Å². The summed E-state index contributed by atoms with van der Waals surface area (Å²) >= 11 is 0. The van der Waals surface area contributed by atoms with Crippen LogP contribution in [0.4, 0.5) is 29.3 Å². The first-order valence-electron chi connectivity index (χ1n) is 6.88. The summed E-state index contributed by atoms with van der Waals surface area (Å²) in [6.45, 7) is 1.68. The van der Waals surface area contributed by atoms with Gasteiger partial charge in [0.05, 0.1) is 12.3 Å². The van der Waals surface area contributed by atoms with Gasteiger partial charge in [0.15, 0.2) is 0 Å². The summed E-state index contributed by atoms with van der Waals surface area (Å²) in [4.78, 5) is 7.22. The second-order valence-electron chi connectivity index (χ2n) is 5.19. The summed E-state index contributed by atoms with van der Waals surface area (Å²) in [5.74, 6) is -0.782. The van der Waals surface area contributed by atoms with Crippen molar-refractivity contribution in [2.75, 3.05) is 11.1 Å². The zero-order chi connectivity index (χ0) is 17.5. The van der Waals surface area contributed by atoms with Gasteiger partial charge in [-0.2, -0.15) is 18.2 Å². The van der Waals surface area contributed by atoms with Crippen molar-refractivity contribution >= 4 is 22.5 Å². The van der Waals surface area contributed by atoms with E-state index in [9.17, 15) is 17.6 Å². The zero-order valence-corrected chi connectivity index (χ0v) is 12.4. The van der Waals surface area contributed by atoms with Crippen LogP contribution in [0.3, 0.4) is 0 Å². The van der Waals surface area contributed by atoms with Crippen LogP contribution >= 0.6 is 0 Å². The van der Waals surface area contributed by atoms with Gasteiger partial charge in [-0.3, -0.25) is 0 Å². The lowest BCUT2D eigenvalue weighted by molar-refractivity contribution is -0.137. The van der Waals surface area contributed by atoms with Crippen molar-refractivity contribution in [1.82, 2.24) is 9.97 Å². The Morgan fingerprint density at radius 1 is 1.29 bits per heavy atom. The molecular formula is C15H12F4N4O. The number of furan rings is 1. The monoisotopic (exact) mass is 340 g/mol. The molecule has 9 heteroatoms. The van der Waals surface area contributed by atoms with Gasteiger partial charge in [0.2, 0.25) is 5.95 Å². The van der Waals surface area contributed by atoms with E-state index >= 15 is 0 Å². The average Bonchev–Trinajstić information content (AvgIpc) is 2.88. The van der Waals surface area contributed by atoms with E-state index < -0.39 is 29.4 Å². The van der Waals surface area contributed by atoms with Gasteiger partial charge in [-0.15, -0.1) is 0 Å². The average molecular weight is 340 g/mol. The van der Waals surface area contributed by atoms with Crippen LogP contribution in [0.25, 0.3) is 10.8 Å². The van der Waals surface area contributed by atoms with Crippen molar-refractivity contribution in [2.24, 2.45) is 0 Å². The third-order valence-electron chi connectivity index (χ3n) is 3.46. The topological polar surface area (TPSA) is 77.0 Å². The molecule has 0 bridgehead atoms. The zero-order valence-electron chi connectivity index (χ0n) is 12.4. The van der Waals surface area contributed by atoms with Gasteiger partial charge in [0.1, 0.15) is 23.0 Å². The molecule has 1 atom stereocenters. The molecule has 3 aromatic rings. The van der Waals surface area contributed by atoms with Gasteiger partial charge in [-0.05, 0) is 25.1 Å². The van der Waals surface area contributed by atoms with E-state index in [0.29, 0.717) is 22.7 Å². The number of halogens is 4. The van der Waals surface area contributed by atoms with Crippen LogP contribution in [0.5, 0.6) is 0 Å². The van der Waals surface area contributed by atoms with Crippen molar-refractivity contribution in [3.05, 3.63) is 47.8 Å². The first-order chi connectivity index (χ1) is 11.3. The third kappa shape index (κ3) is 2.97. The molecule has 126 valence electrons. The van der Waals surface area contributed by atoms with Crippen molar-refractivity contribution in [3.63, 3.8) is 0 Å². The summed E-state index contributed by atoms with van der Waals surface area (Å²) in [5.41, 5.74) is 4.22. The molecule has 1 aromatic carbocycles. The fraction of sp³-hybridized carbons (Fsp3) is 0.200. The maximum absolute atomic E-state index is 13.4. The Hall–Kier alpha value is -2.84. The lowest BCUT2D eigenvalue weighted by atomic mass is 10.1. The Morgan fingerprint density at radius 3 is 2.71 bits per heavy atom. The molecule has 0 fully saturated rings. The summed E-state index contributed by atoms with van der Waals surface area (Å²) < 4.78 is 56.7. The molecule has 0 unspecified atom stereocenters. The number of fused-ring (bicyclic) bond motifs is 1. The van der Waals surface area contributed by atoms with Gasteiger partial charge in [-0.1, -0.05) is 0 Å². The number of anilines is 2. The lowest BCUT2D eigenvalue weighted by Crippen LogP contribution is -2.14. The van der Waals surface area contributed by atoms with Gasteiger partial charge < -0.3 is 15.5 Å². The van der Waals surface area contributed by atoms with Gasteiger partial charge in [0, 0.05) is 17.0 Å². The predicted octanol–water partition coefficient (Wildman–Crippen LogP) is 4.14. The minimum absolute atomic E-state index is 0.0889. The van der Waals surface area contributed by atoms with Crippen LogP contribution in [0.15, 0.2) is 35.1 Å². The Kier molecular flexibility index (Phi) is 3.78. The molecule has 0 radical (unpaired) electrons. The first-order valence-corrected chi connectivity index (χ1v) is 6.88. The Bertz CT molecular complexity index is 891. The van der Waals surface area contributed by atoms with E-state index in [1.54, 1.807) is 13.0 Å². The fourth-order valence-electron chi connectivity index (χ4n) is 2.31. The predicted molar refractivity (Wildman–Crippen MR) is 79.7 cm³/mol. The van der Waals surface area contributed by atoms with Gasteiger partial charge in [-0.25, -0.2) is 9.37 Å². The minimum atomic E-state index is -4.62. The van der Waals surface area contributed by atoms with Gasteiger partial charge >= 0.3 is 6.18 Å². The minimum Gasteiger partial charge on any atom is -0.466 e. The number of nitrogens with zero attached hydrogens (tertiary/aromatic N) is 2. The second-order valence-corrected chi connectivity index (χ2v) is 5.19. The van der Waals surface area contributed by atoms with E-state index in [2.05, 4.69) is 15.3 Å². The number of hydrogen-bond donors (Lipinski definition) is 2. The van der Waals surface area contributed by atoms with Crippen LogP contribution in [0, 0.1) is 5.82 Å². The van der Waals surface area contributed by atoms with E-state index in [0.717, 1.165) is 0 Å². The summed E-state index contributed by atoms with van der Waals surface area (Å²) in [7, 11) is 0. The molecule has 0 saturated heterocycles. The van der Waals surface area contributed by atoms with Crippen molar-refractivity contribution in [3.8, 4) is 0 Å². The van der Waals surface area contributed by atoms with Crippen LogP contribution in [0.1, 0.15) is 24.3 Å². The highest BCUT2D eigenvalue weighted by molar-refractivity contribution is 5.84. The molecule has 0 saturated carbocycles. The highest BCUT2D eigenvalue weighted by Crippen LogP contribution is 2.33. The number of nitrogen functional groups attached to an aromatic ring is 1. The molecule has 0 amide bonds. The van der Waals surface area contributed by atoms with Crippen LogP contribution in [0.2, 0.25) is 0 Å². The van der Waals surface area contributed by atoms with E-state index in [1.165, 1.54) is 18.4 Å². The van der Waals surface area contributed by atoms with Crippen molar-refractivity contribution in [2.45, 2.75) is 19.1 Å². The fourth-order valence-corrected chi connectivity index (χ4v) is 2.31. The quantitative estimate of drug-likeness (QED) is 0.701. The van der Waals surface area contributed by atoms with Crippen molar-refractivity contribution < 1.29 is 22.0 Å². The van der Waals surface area contributed by atoms with E-state index in [-0.39, 0.29) is 5.95 Å². The molecule has 2 aromatic heterocycles. The van der Waals surface area contributed by atoms with Crippen LogP contribution in [-0.4, -0.2) is 9.97 Å². The second kappa shape index (κ2) is 5.66. The normalized spacial score (nSPS) is 13.2. The SMILES string of the molecule is C[C@@H](Nc1ncc(C(F)(F)F)c(N)n1)c1occ2ccc(F)cc12. The molecular weight excluding hydrogens is 328 g/mol. The molecule has 24 heavy (non-hydrogen) atoms. The maximum atomic E-state index is 13.4. The molecule has 3 N–H and O–H groups in total. The number of aromatic nitrogens is 2. The van der Waals surface area contributed by atoms with Gasteiger partial charge in [0.25, 0.3) is 0 Å². The standard InChI is InChI=1S/C15H12F4N4O/c1-7(12-10-4-9(16)3-2-8(10)6-24-12)22-14-21-5-11(13(20)23-14)15(17,18)19/h2-7H,1H3,(H3,20,21,22,23)/t7-/m1/s1. The number of benzene rings is 1. The lowest BCUT2D eigenvalue weighted by Gasteiger charge is -2.14. The van der Waals surface area contributed by atoms with Crippen LogP contribution in [-0.2, 0) is 6.18 Å². The highest BCUT2D eigenvalue weighted by atomic mass is 19.4. The van der Waals surface area contributed by atoms with E-state index in [4.69, 9.17) is 10.2 Å². The molecule has 5 nitrogen and oxygen atoms in total. The number of rotatable bonds is 3. The van der Waals surface area contributed by atoms with E-state index in [1.807, 2.05) is 0 Å². The summed E-state index contributed by atoms with van der Waals surface area (Å²) in [6.07, 6.45) is -2.55. The number of alkyl halides is 3. The first kappa shape index (κ1) is 16.0. The largest absolute Gasteiger partial charge is 0.466 e. The number of nitrogens with two attached hydrogens (primary N) is 1. The molecule has 0 spiro atoms. The molecule has 2 heterocycles. The maximum Gasteiger partial charge on any atom is 0.421 e.